The van der Waals surface area contributed by atoms with E-state index in [0.29, 0.717) is 17.4 Å². The summed E-state index contributed by atoms with van der Waals surface area (Å²) in [6.07, 6.45) is 6.77. The summed E-state index contributed by atoms with van der Waals surface area (Å²) >= 11 is 0. The number of carbonyl (C=O) groups excluding carboxylic acids is 1. The number of nitro benzene ring substituents is 1. The first kappa shape index (κ1) is 30.9. The lowest BCUT2D eigenvalue weighted by atomic mass is 9.83. The van der Waals surface area contributed by atoms with Crippen molar-refractivity contribution in [3.05, 3.63) is 75.8 Å². The molecule has 5 rings (SSSR count). The number of piperidine rings is 1. The van der Waals surface area contributed by atoms with Crippen molar-refractivity contribution in [3.8, 4) is 0 Å². The molecule has 3 fully saturated rings. The number of ether oxygens (including phenoxy) is 1. The number of carboxylic acids is 1. The highest BCUT2D eigenvalue weighted by atomic mass is 16.6. The first-order valence-electron chi connectivity index (χ1n) is 15.7. The highest BCUT2D eigenvalue weighted by Crippen LogP contribution is 2.38. The van der Waals surface area contributed by atoms with Gasteiger partial charge in [0.1, 0.15) is 12.6 Å². The van der Waals surface area contributed by atoms with Crippen molar-refractivity contribution in [3.63, 3.8) is 0 Å². The van der Waals surface area contributed by atoms with E-state index in [1.165, 1.54) is 24.1 Å². The van der Waals surface area contributed by atoms with E-state index in [1.54, 1.807) is 24.1 Å². The summed E-state index contributed by atoms with van der Waals surface area (Å²) in [4.78, 5) is 42.1. The van der Waals surface area contributed by atoms with E-state index < -0.39 is 23.0 Å². The van der Waals surface area contributed by atoms with Crippen LogP contribution < -0.4 is 0 Å². The summed E-state index contributed by atoms with van der Waals surface area (Å²) < 4.78 is 5.49. The van der Waals surface area contributed by atoms with E-state index in [4.69, 9.17) is 4.74 Å². The van der Waals surface area contributed by atoms with Crippen LogP contribution in [0.15, 0.2) is 54.6 Å². The van der Waals surface area contributed by atoms with Crippen molar-refractivity contribution in [1.82, 2.24) is 14.7 Å². The summed E-state index contributed by atoms with van der Waals surface area (Å²) in [6.45, 7) is 4.29. The maximum atomic E-state index is 12.8. The molecule has 2 heterocycles. The molecule has 0 aromatic heterocycles. The topological polar surface area (TPSA) is 116 Å². The number of nitro groups is 1. The quantitative estimate of drug-likeness (QED) is 0.289. The molecular weight excluding hydrogens is 548 g/mol. The Morgan fingerprint density at radius 3 is 2.30 bits per heavy atom. The molecule has 1 aliphatic carbocycles. The lowest BCUT2D eigenvalue weighted by Crippen LogP contribution is -2.48. The third kappa shape index (κ3) is 7.72. The van der Waals surface area contributed by atoms with Gasteiger partial charge < -0.3 is 19.6 Å². The second kappa shape index (κ2) is 14.3. The summed E-state index contributed by atoms with van der Waals surface area (Å²) in [5.41, 5.74) is 1.99. The largest absolute Gasteiger partial charge is 0.480 e. The fourth-order valence-electron chi connectivity index (χ4n) is 7.43. The molecule has 2 aromatic carbocycles. The Labute approximate surface area is 253 Å². The average molecular weight is 593 g/mol. The van der Waals surface area contributed by atoms with Crippen LogP contribution in [0.1, 0.15) is 62.0 Å². The Kier molecular flexibility index (Phi) is 10.3. The molecule has 1 amide bonds. The summed E-state index contributed by atoms with van der Waals surface area (Å²) in [6, 6.07) is 16.2. The monoisotopic (exact) mass is 592 g/mol. The average Bonchev–Trinajstić information content (AvgIpc) is 3.43. The molecule has 10 nitrogen and oxygen atoms in total. The number of benzene rings is 2. The number of hydrogen-bond donors (Lipinski definition) is 1. The van der Waals surface area contributed by atoms with Crippen LogP contribution >= 0.6 is 0 Å². The number of rotatable bonds is 10. The Balaban J connectivity index is 1.16. The Bertz CT molecular complexity index is 1230. The predicted octanol–water partition coefficient (Wildman–Crippen LogP) is 5.38. The van der Waals surface area contributed by atoms with Gasteiger partial charge in [0.25, 0.3) is 5.69 Å². The van der Waals surface area contributed by atoms with Gasteiger partial charge in [-0.15, -0.1) is 0 Å². The molecule has 2 aromatic rings. The summed E-state index contributed by atoms with van der Waals surface area (Å²) in [5.74, 6) is 0.187. The van der Waals surface area contributed by atoms with E-state index in [2.05, 4.69) is 34.1 Å². The van der Waals surface area contributed by atoms with Crippen molar-refractivity contribution in [2.24, 2.45) is 11.8 Å². The molecule has 43 heavy (non-hydrogen) atoms. The number of amides is 1. The Morgan fingerprint density at radius 2 is 1.67 bits per heavy atom. The number of nitrogens with zero attached hydrogens (tertiary/aromatic N) is 4. The summed E-state index contributed by atoms with van der Waals surface area (Å²) in [5, 5.41) is 21.1. The Morgan fingerprint density at radius 1 is 1.00 bits per heavy atom. The lowest BCUT2D eigenvalue weighted by molar-refractivity contribution is -0.384. The smallest absolute Gasteiger partial charge is 0.410 e. The van der Waals surface area contributed by atoms with E-state index in [0.717, 1.165) is 71.2 Å². The number of likely N-dealkylation sites (tertiary alicyclic amines) is 2. The number of carbonyl (C=O) groups is 2. The zero-order chi connectivity index (χ0) is 30.3. The molecular formula is C33H44N4O6. The SMILES string of the molecule is CN(C(=O)OCc1ccc([N+](=O)[O-])cc1)C1CCN(C[C@H]2CN([C@@H](C(=O)O)C3CCCCC3)C[C@@H]2c2ccccc2)CC1. The maximum absolute atomic E-state index is 12.8. The minimum Gasteiger partial charge on any atom is -0.480 e. The molecule has 0 radical (unpaired) electrons. The van der Waals surface area contributed by atoms with Crippen molar-refractivity contribution in [1.29, 1.82) is 0 Å². The maximum Gasteiger partial charge on any atom is 0.410 e. The lowest BCUT2D eigenvalue weighted by Gasteiger charge is -2.38. The zero-order valence-electron chi connectivity index (χ0n) is 25.1. The van der Waals surface area contributed by atoms with Gasteiger partial charge >= 0.3 is 12.1 Å². The number of non-ortho nitro benzene ring substituents is 1. The number of hydrogen-bond acceptors (Lipinski definition) is 7. The van der Waals surface area contributed by atoms with Gasteiger partial charge in [0.15, 0.2) is 0 Å². The van der Waals surface area contributed by atoms with E-state index >= 15 is 0 Å². The van der Waals surface area contributed by atoms with E-state index in [9.17, 15) is 24.8 Å². The molecule has 2 aliphatic heterocycles. The minimum atomic E-state index is -0.677. The van der Waals surface area contributed by atoms with Gasteiger partial charge in [-0.1, -0.05) is 49.6 Å². The first-order valence-corrected chi connectivity index (χ1v) is 15.7. The molecule has 2 saturated heterocycles. The van der Waals surface area contributed by atoms with Crippen LogP contribution in [0.5, 0.6) is 0 Å². The van der Waals surface area contributed by atoms with Gasteiger partial charge in [0.05, 0.1) is 4.92 Å². The number of carboxylic acid groups (broad SMARTS) is 1. The van der Waals surface area contributed by atoms with Crippen LogP contribution in [-0.2, 0) is 16.1 Å². The van der Waals surface area contributed by atoms with Crippen molar-refractivity contribution in [2.75, 3.05) is 39.8 Å². The molecule has 1 N–H and O–H groups in total. The first-order chi connectivity index (χ1) is 20.8. The third-order valence-corrected chi connectivity index (χ3v) is 9.83. The molecule has 0 bridgehead atoms. The van der Waals surface area contributed by atoms with Gasteiger partial charge in [0.2, 0.25) is 0 Å². The second-order valence-corrected chi connectivity index (χ2v) is 12.5. The van der Waals surface area contributed by atoms with Crippen LogP contribution in [0.4, 0.5) is 10.5 Å². The van der Waals surface area contributed by atoms with Crippen LogP contribution in [0.25, 0.3) is 0 Å². The van der Waals surface area contributed by atoms with Crippen molar-refractivity contribution < 1.29 is 24.4 Å². The van der Waals surface area contributed by atoms with Crippen molar-refractivity contribution in [2.45, 2.75) is 69.6 Å². The highest BCUT2D eigenvalue weighted by molar-refractivity contribution is 5.74. The van der Waals surface area contributed by atoms with Gasteiger partial charge in [0, 0.05) is 63.9 Å². The van der Waals surface area contributed by atoms with Crippen molar-refractivity contribution >= 4 is 17.7 Å². The fourth-order valence-corrected chi connectivity index (χ4v) is 7.43. The van der Waals surface area contributed by atoms with Crippen LogP contribution in [0.3, 0.4) is 0 Å². The van der Waals surface area contributed by atoms with Gasteiger partial charge in [-0.25, -0.2) is 4.79 Å². The van der Waals surface area contributed by atoms with Gasteiger partial charge in [-0.05, 0) is 60.8 Å². The summed E-state index contributed by atoms with van der Waals surface area (Å²) in [7, 11) is 1.77. The fraction of sp³-hybridized carbons (Fsp3) is 0.576. The second-order valence-electron chi connectivity index (χ2n) is 12.5. The molecule has 0 unspecified atom stereocenters. The number of aliphatic carboxylic acids is 1. The normalized spacial score (nSPS) is 23.1. The van der Waals surface area contributed by atoms with Crippen LogP contribution in [-0.4, -0.2) is 88.6 Å². The highest BCUT2D eigenvalue weighted by Gasteiger charge is 2.43. The standard InChI is InChI=1S/C33H44N4O6/c1-34(33(40)43-23-24-12-14-29(15-13-24)37(41)42)28-16-18-35(19-17-28)20-27-21-36(22-30(27)25-8-4-2-5-9-25)31(32(38)39)26-10-6-3-7-11-26/h2,4-5,8-9,12-15,26-28,30-31H,3,6-7,10-11,16-23H2,1H3,(H,38,39)/t27-,30+,31+/m0/s1. The Hall–Kier alpha value is -3.50. The predicted molar refractivity (Wildman–Crippen MR) is 163 cm³/mol. The van der Waals surface area contributed by atoms with E-state index in [1.807, 2.05) is 6.07 Å². The van der Waals surface area contributed by atoms with E-state index in [-0.39, 0.29) is 24.3 Å². The minimum absolute atomic E-state index is 0.00489. The molecule has 10 heteroatoms. The molecule has 1 saturated carbocycles. The van der Waals surface area contributed by atoms with Gasteiger partial charge in [-0.2, -0.15) is 0 Å². The molecule has 3 atom stereocenters. The van der Waals surface area contributed by atoms with Crippen LogP contribution in [0, 0.1) is 22.0 Å². The molecule has 0 spiro atoms. The zero-order valence-corrected chi connectivity index (χ0v) is 25.1. The molecule has 232 valence electrons. The van der Waals surface area contributed by atoms with Gasteiger partial charge in [-0.3, -0.25) is 19.8 Å². The molecule has 3 aliphatic rings. The third-order valence-electron chi connectivity index (χ3n) is 9.83. The van der Waals surface area contributed by atoms with Crippen LogP contribution in [0.2, 0.25) is 0 Å².